The van der Waals surface area contributed by atoms with Gasteiger partial charge < -0.3 is 4.74 Å². The van der Waals surface area contributed by atoms with Crippen LogP contribution in [0.2, 0.25) is 0 Å². The average Bonchev–Trinajstić information content (AvgIpc) is 2.04. The van der Waals surface area contributed by atoms with E-state index in [9.17, 15) is 0 Å². The second-order valence-electron chi connectivity index (χ2n) is 2.58. The van der Waals surface area contributed by atoms with E-state index in [1.807, 2.05) is 18.2 Å². The van der Waals surface area contributed by atoms with Gasteiger partial charge in [-0.3, -0.25) is 0 Å². The Morgan fingerprint density at radius 3 is 2.91 bits per heavy atom. The average molecular weight is 164 g/mol. The molecule has 1 nitrogen and oxygen atoms in total. The summed E-state index contributed by atoms with van der Waals surface area (Å²) in [4.78, 5) is 0. The number of hydrogen-bond acceptors (Lipinski definition) is 2. The molecule has 0 amide bonds. The molecule has 56 valence electrons. The van der Waals surface area contributed by atoms with Crippen molar-refractivity contribution in [1.82, 2.24) is 0 Å². The van der Waals surface area contributed by atoms with Gasteiger partial charge in [-0.25, -0.2) is 0 Å². The van der Waals surface area contributed by atoms with Crippen molar-refractivity contribution in [2.45, 2.75) is 12.8 Å². The quantitative estimate of drug-likeness (QED) is 0.544. The Morgan fingerprint density at radius 2 is 2.00 bits per heavy atom. The van der Waals surface area contributed by atoms with Gasteiger partial charge in [-0.15, -0.1) is 0 Å². The zero-order chi connectivity index (χ0) is 7.68. The molecule has 0 aliphatic carbocycles. The summed E-state index contributed by atoms with van der Waals surface area (Å²) in [6.07, 6.45) is 1.90. The zero-order valence-electron chi connectivity index (χ0n) is 6.04. The standard InChI is InChI=1S/C9H8OS/c11-9-6-5-7-3-1-2-4-8(7)10-9/h1-4H,5-6H2. The smallest absolute Gasteiger partial charge is 0.167 e. The summed E-state index contributed by atoms with van der Waals surface area (Å²) in [5.74, 6) is 0.934. The van der Waals surface area contributed by atoms with Crippen molar-refractivity contribution in [2.75, 3.05) is 0 Å². The fourth-order valence-electron chi connectivity index (χ4n) is 1.22. The van der Waals surface area contributed by atoms with Crippen LogP contribution in [0.25, 0.3) is 0 Å². The molecule has 0 radical (unpaired) electrons. The van der Waals surface area contributed by atoms with E-state index >= 15 is 0 Å². The van der Waals surface area contributed by atoms with Gasteiger partial charge in [0.05, 0.1) is 0 Å². The zero-order valence-corrected chi connectivity index (χ0v) is 6.86. The number of fused-ring (bicyclic) bond motifs is 1. The van der Waals surface area contributed by atoms with Crippen LogP contribution < -0.4 is 4.74 Å². The van der Waals surface area contributed by atoms with Gasteiger partial charge in [0.25, 0.3) is 0 Å². The predicted molar refractivity (Wildman–Crippen MR) is 48.0 cm³/mol. The molecule has 0 N–H and O–H groups in total. The molecule has 0 saturated carbocycles. The molecule has 2 rings (SSSR count). The molecule has 1 aliphatic heterocycles. The normalized spacial score (nSPS) is 15.5. The maximum absolute atomic E-state index is 5.36. The Hall–Kier alpha value is -0.890. The Morgan fingerprint density at radius 1 is 1.18 bits per heavy atom. The van der Waals surface area contributed by atoms with Crippen LogP contribution in [0.1, 0.15) is 12.0 Å². The monoisotopic (exact) mass is 164 g/mol. The van der Waals surface area contributed by atoms with Crippen molar-refractivity contribution in [2.24, 2.45) is 0 Å². The lowest BCUT2D eigenvalue weighted by Crippen LogP contribution is -2.13. The number of ether oxygens (including phenoxy) is 1. The molecule has 2 heteroatoms. The molecule has 0 bridgehead atoms. The molecular weight excluding hydrogens is 156 g/mol. The molecule has 1 aromatic rings. The first kappa shape index (κ1) is 6.80. The predicted octanol–water partition coefficient (Wildman–Crippen LogP) is 2.34. The third-order valence-corrected chi connectivity index (χ3v) is 2.08. The summed E-state index contributed by atoms with van der Waals surface area (Å²) in [5, 5.41) is 0.712. The van der Waals surface area contributed by atoms with Crippen molar-refractivity contribution < 1.29 is 4.74 Å². The molecule has 0 fully saturated rings. The second kappa shape index (κ2) is 2.62. The van der Waals surface area contributed by atoms with Crippen LogP contribution in [0.5, 0.6) is 5.75 Å². The highest BCUT2D eigenvalue weighted by atomic mass is 32.1. The highest BCUT2D eigenvalue weighted by molar-refractivity contribution is 7.80. The van der Waals surface area contributed by atoms with E-state index in [0.29, 0.717) is 5.05 Å². The lowest BCUT2D eigenvalue weighted by atomic mass is 10.1. The summed E-state index contributed by atoms with van der Waals surface area (Å²) in [7, 11) is 0. The van der Waals surface area contributed by atoms with E-state index in [1.54, 1.807) is 0 Å². The van der Waals surface area contributed by atoms with E-state index in [-0.39, 0.29) is 0 Å². The molecule has 11 heavy (non-hydrogen) atoms. The number of aryl methyl sites for hydroxylation is 1. The van der Waals surface area contributed by atoms with Crippen LogP contribution in [0.3, 0.4) is 0 Å². The van der Waals surface area contributed by atoms with E-state index in [1.165, 1.54) is 5.56 Å². The number of hydrogen-bond donors (Lipinski definition) is 0. The SMILES string of the molecule is S=C1CCc2ccccc2O1. The van der Waals surface area contributed by atoms with Crippen LogP contribution in [-0.4, -0.2) is 5.05 Å². The van der Waals surface area contributed by atoms with Crippen LogP contribution in [0, 0.1) is 0 Å². The summed E-state index contributed by atoms with van der Waals surface area (Å²) >= 11 is 4.96. The first-order valence-electron chi connectivity index (χ1n) is 3.65. The molecule has 0 atom stereocenters. The number of thiocarbonyl (C=S) groups is 1. The Kier molecular flexibility index (Phi) is 1.62. The molecule has 0 unspecified atom stereocenters. The largest absolute Gasteiger partial charge is 0.450 e. The van der Waals surface area contributed by atoms with Crippen molar-refractivity contribution in [3.63, 3.8) is 0 Å². The lowest BCUT2D eigenvalue weighted by molar-refractivity contribution is 0.518. The minimum absolute atomic E-state index is 0.712. The lowest BCUT2D eigenvalue weighted by Gasteiger charge is -2.16. The van der Waals surface area contributed by atoms with Gasteiger partial charge in [0.1, 0.15) is 5.75 Å². The van der Waals surface area contributed by atoms with Crippen LogP contribution in [0.4, 0.5) is 0 Å². The van der Waals surface area contributed by atoms with Crippen LogP contribution >= 0.6 is 12.2 Å². The summed E-state index contributed by atoms with van der Waals surface area (Å²) in [6.45, 7) is 0. The van der Waals surface area contributed by atoms with Gasteiger partial charge in [0, 0.05) is 6.42 Å². The van der Waals surface area contributed by atoms with Gasteiger partial charge in [-0.2, -0.15) is 0 Å². The van der Waals surface area contributed by atoms with E-state index in [4.69, 9.17) is 17.0 Å². The van der Waals surface area contributed by atoms with E-state index in [2.05, 4.69) is 6.07 Å². The third kappa shape index (κ3) is 1.26. The number of benzene rings is 1. The maximum Gasteiger partial charge on any atom is 0.167 e. The highest BCUT2D eigenvalue weighted by Crippen LogP contribution is 2.24. The first-order chi connectivity index (χ1) is 5.36. The molecule has 0 saturated heterocycles. The topological polar surface area (TPSA) is 9.23 Å². The van der Waals surface area contributed by atoms with Crippen molar-refractivity contribution in [3.8, 4) is 5.75 Å². The first-order valence-corrected chi connectivity index (χ1v) is 4.06. The Balaban J connectivity index is 2.41. The summed E-state index contributed by atoms with van der Waals surface area (Å²) < 4.78 is 5.36. The summed E-state index contributed by atoms with van der Waals surface area (Å²) in [6, 6.07) is 8.03. The molecule has 1 aromatic carbocycles. The summed E-state index contributed by atoms with van der Waals surface area (Å²) in [5.41, 5.74) is 1.26. The third-order valence-electron chi connectivity index (χ3n) is 1.79. The van der Waals surface area contributed by atoms with Crippen LogP contribution in [0.15, 0.2) is 24.3 Å². The maximum atomic E-state index is 5.36. The highest BCUT2D eigenvalue weighted by Gasteiger charge is 2.12. The van der Waals surface area contributed by atoms with Gasteiger partial charge >= 0.3 is 0 Å². The van der Waals surface area contributed by atoms with Crippen molar-refractivity contribution >= 4 is 17.3 Å². The number of rotatable bonds is 0. The fourth-order valence-corrected chi connectivity index (χ4v) is 1.41. The molecule has 0 spiro atoms. The van der Waals surface area contributed by atoms with Gasteiger partial charge in [-0.1, -0.05) is 18.2 Å². The van der Waals surface area contributed by atoms with Gasteiger partial charge in [0.2, 0.25) is 0 Å². The molecular formula is C9H8OS. The van der Waals surface area contributed by atoms with E-state index in [0.717, 1.165) is 18.6 Å². The van der Waals surface area contributed by atoms with Gasteiger partial charge in [0.15, 0.2) is 5.05 Å². The molecule has 0 aromatic heterocycles. The van der Waals surface area contributed by atoms with Gasteiger partial charge in [-0.05, 0) is 30.3 Å². The molecule has 1 aliphatic rings. The molecule has 1 heterocycles. The van der Waals surface area contributed by atoms with E-state index < -0.39 is 0 Å². The Labute approximate surface area is 71.0 Å². The number of para-hydroxylation sites is 1. The van der Waals surface area contributed by atoms with Crippen molar-refractivity contribution in [1.29, 1.82) is 0 Å². The Bertz CT molecular complexity index is 293. The second-order valence-corrected chi connectivity index (χ2v) is 3.04. The minimum Gasteiger partial charge on any atom is -0.450 e. The van der Waals surface area contributed by atoms with Crippen LogP contribution in [-0.2, 0) is 6.42 Å². The minimum atomic E-state index is 0.712. The fraction of sp³-hybridized carbons (Fsp3) is 0.222. The van der Waals surface area contributed by atoms with Crippen molar-refractivity contribution in [3.05, 3.63) is 29.8 Å².